The molecule has 0 bridgehead atoms. The largest absolute Gasteiger partial charge is 0.322 e. The van der Waals surface area contributed by atoms with E-state index in [0.717, 1.165) is 23.2 Å². The Morgan fingerprint density at radius 1 is 1.19 bits per heavy atom. The van der Waals surface area contributed by atoms with E-state index in [0.29, 0.717) is 10.0 Å². The Kier molecular flexibility index (Phi) is 5.43. The number of benzene rings is 2. The first-order chi connectivity index (χ1) is 10.1. The van der Waals surface area contributed by atoms with Crippen LogP contribution in [0, 0.1) is 0 Å². The minimum atomic E-state index is -0.193. The SMILES string of the molecule is CCc1ccccc1NC(=O)C=Cc1ccc(Cl)cc1Cl. The van der Waals surface area contributed by atoms with Crippen LogP contribution in [0.4, 0.5) is 5.69 Å². The molecule has 0 spiro atoms. The monoisotopic (exact) mass is 319 g/mol. The molecule has 2 aromatic carbocycles. The van der Waals surface area contributed by atoms with E-state index in [1.165, 1.54) is 6.08 Å². The molecule has 0 aliphatic heterocycles. The third-order valence-corrected chi connectivity index (χ3v) is 3.60. The lowest BCUT2D eigenvalue weighted by molar-refractivity contribution is -0.111. The lowest BCUT2D eigenvalue weighted by atomic mass is 10.1. The molecular formula is C17H15Cl2NO. The van der Waals surface area contributed by atoms with Gasteiger partial charge in [-0.25, -0.2) is 0 Å². The van der Waals surface area contributed by atoms with Gasteiger partial charge in [0.2, 0.25) is 5.91 Å². The number of nitrogens with one attached hydrogen (secondary N) is 1. The van der Waals surface area contributed by atoms with Crippen molar-refractivity contribution in [2.75, 3.05) is 5.32 Å². The number of hydrogen-bond acceptors (Lipinski definition) is 1. The topological polar surface area (TPSA) is 29.1 Å². The average molecular weight is 320 g/mol. The number of rotatable bonds is 4. The highest BCUT2D eigenvalue weighted by Gasteiger charge is 2.03. The Hall–Kier alpha value is -1.77. The first-order valence-corrected chi connectivity index (χ1v) is 7.37. The summed E-state index contributed by atoms with van der Waals surface area (Å²) in [6.45, 7) is 2.05. The summed E-state index contributed by atoms with van der Waals surface area (Å²) >= 11 is 11.9. The van der Waals surface area contributed by atoms with Crippen molar-refractivity contribution in [3.05, 3.63) is 69.7 Å². The van der Waals surface area contributed by atoms with Gasteiger partial charge >= 0.3 is 0 Å². The Bertz CT molecular complexity index is 680. The Labute approximate surface area is 134 Å². The summed E-state index contributed by atoms with van der Waals surface area (Å²) in [6.07, 6.45) is 3.99. The maximum Gasteiger partial charge on any atom is 0.248 e. The van der Waals surface area contributed by atoms with Crippen molar-refractivity contribution in [3.63, 3.8) is 0 Å². The predicted molar refractivity (Wildman–Crippen MR) is 89.9 cm³/mol. The van der Waals surface area contributed by atoms with Crippen LogP contribution in [0.5, 0.6) is 0 Å². The highest BCUT2D eigenvalue weighted by Crippen LogP contribution is 2.22. The molecule has 0 fully saturated rings. The molecule has 108 valence electrons. The first kappa shape index (κ1) is 15.6. The zero-order valence-electron chi connectivity index (χ0n) is 11.6. The van der Waals surface area contributed by atoms with Crippen LogP contribution in [0.2, 0.25) is 10.0 Å². The third-order valence-electron chi connectivity index (χ3n) is 3.03. The number of para-hydroxylation sites is 1. The zero-order chi connectivity index (χ0) is 15.2. The van der Waals surface area contributed by atoms with Crippen molar-refractivity contribution in [2.45, 2.75) is 13.3 Å². The molecule has 0 heterocycles. The summed E-state index contributed by atoms with van der Waals surface area (Å²) in [5.41, 5.74) is 2.68. The molecule has 0 saturated heterocycles. The van der Waals surface area contributed by atoms with Gasteiger partial charge in [-0.05, 0) is 41.8 Å². The van der Waals surface area contributed by atoms with Gasteiger partial charge in [0.25, 0.3) is 0 Å². The summed E-state index contributed by atoms with van der Waals surface area (Å²) in [4.78, 5) is 12.0. The summed E-state index contributed by atoms with van der Waals surface area (Å²) in [7, 11) is 0. The predicted octanol–water partition coefficient (Wildman–Crippen LogP) is 5.21. The van der Waals surface area contributed by atoms with E-state index in [1.807, 2.05) is 31.2 Å². The van der Waals surface area contributed by atoms with Crippen LogP contribution < -0.4 is 5.32 Å². The summed E-state index contributed by atoms with van der Waals surface area (Å²) in [5.74, 6) is -0.193. The second kappa shape index (κ2) is 7.30. The molecule has 1 N–H and O–H groups in total. The average Bonchev–Trinajstić information content (AvgIpc) is 2.47. The number of anilines is 1. The lowest BCUT2D eigenvalue weighted by Crippen LogP contribution is -2.09. The number of carbonyl (C=O) groups excluding carboxylic acids is 1. The Morgan fingerprint density at radius 2 is 1.95 bits per heavy atom. The van der Waals surface area contributed by atoms with E-state index in [-0.39, 0.29) is 5.91 Å². The van der Waals surface area contributed by atoms with E-state index in [9.17, 15) is 4.79 Å². The molecule has 0 aromatic heterocycles. The molecule has 21 heavy (non-hydrogen) atoms. The fourth-order valence-corrected chi connectivity index (χ4v) is 2.40. The van der Waals surface area contributed by atoms with Gasteiger partial charge in [-0.15, -0.1) is 0 Å². The van der Waals surface area contributed by atoms with Gasteiger partial charge in [0.1, 0.15) is 0 Å². The molecule has 0 aliphatic rings. The molecule has 0 saturated carbocycles. The van der Waals surface area contributed by atoms with Crippen molar-refractivity contribution in [3.8, 4) is 0 Å². The van der Waals surface area contributed by atoms with Crippen LogP contribution in [0.3, 0.4) is 0 Å². The van der Waals surface area contributed by atoms with Gasteiger partial charge in [-0.3, -0.25) is 4.79 Å². The molecule has 1 amide bonds. The smallest absolute Gasteiger partial charge is 0.248 e. The number of aryl methyl sites for hydroxylation is 1. The third kappa shape index (κ3) is 4.35. The maximum absolute atomic E-state index is 12.0. The molecule has 0 aliphatic carbocycles. The number of amides is 1. The fraction of sp³-hybridized carbons (Fsp3) is 0.118. The number of halogens is 2. The van der Waals surface area contributed by atoms with Crippen LogP contribution in [0.25, 0.3) is 6.08 Å². The van der Waals surface area contributed by atoms with Crippen LogP contribution in [-0.4, -0.2) is 5.91 Å². The van der Waals surface area contributed by atoms with Gasteiger partial charge in [-0.1, -0.05) is 54.4 Å². The van der Waals surface area contributed by atoms with Gasteiger partial charge in [0, 0.05) is 21.8 Å². The van der Waals surface area contributed by atoms with E-state index < -0.39 is 0 Å². The second-order valence-corrected chi connectivity index (χ2v) is 5.34. The number of carbonyl (C=O) groups is 1. The van der Waals surface area contributed by atoms with Crippen LogP contribution >= 0.6 is 23.2 Å². The fourth-order valence-electron chi connectivity index (χ4n) is 1.93. The number of hydrogen-bond donors (Lipinski definition) is 1. The van der Waals surface area contributed by atoms with Crippen molar-refractivity contribution in [1.82, 2.24) is 0 Å². The highest BCUT2D eigenvalue weighted by molar-refractivity contribution is 6.35. The van der Waals surface area contributed by atoms with E-state index in [2.05, 4.69) is 5.32 Å². The van der Waals surface area contributed by atoms with Crippen LogP contribution in [0.1, 0.15) is 18.1 Å². The van der Waals surface area contributed by atoms with Crippen LogP contribution in [-0.2, 0) is 11.2 Å². The molecule has 0 unspecified atom stereocenters. The van der Waals surface area contributed by atoms with E-state index in [4.69, 9.17) is 23.2 Å². The van der Waals surface area contributed by atoms with Crippen molar-refractivity contribution in [1.29, 1.82) is 0 Å². The van der Waals surface area contributed by atoms with E-state index in [1.54, 1.807) is 24.3 Å². The summed E-state index contributed by atoms with van der Waals surface area (Å²) in [5, 5.41) is 3.95. The summed E-state index contributed by atoms with van der Waals surface area (Å²) in [6, 6.07) is 12.9. The maximum atomic E-state index is 12.0. The van der Waals surface area contributed by atoms with Crippen molar-refractivity contribution < 1.29 is 4.79 Å². The zero-order valence-corrected chi connectivity index (χ0v) is 13.1. The van der Waals surface area contributed by atoms with Gasteiger partial charge in [-0.2, -0.15) is 0 Å². The van der Waals surface area contributed by atoms with Crippen molar-refractivity contribution in [2.24, 2.45) is 0 Å². The molecule has 2 rings (SSSR count). The molecule has 4 heteroatoms. The lowest BCUT2D eigenvalue weighted by Gasteiger charge is -2.07. The molecule has 2 aromatic rings. The molecule has 0 radical (unpaired) electrons. The standard InChI is InChI=1S/C17H15Cl2NO/c1-2-12-5-3-4-6-16(12)20-17(21)10-8-13-7-9-14(18)11-15(13)19/h3-11H,2H2,1H3,(H,20,21). The quantitative estimate of drug-likeness (QED) is 0.770. The molecule has 0 atom stereocenters. The molecule has 2 nitrogen and oxygen atoms in total. The van der Waals surface area contributed by atoms with Crippen molar-refractivity contribution >= 4 is 40.9 Å². The highest BCUT2D eigenvalue weighted by atomic mass is 35.5. The summed E-state index contributed by atoms with van der Waals surface area (Å²) < 4.78 is 0. The minimum absolute atomic E-state index is 0.193. The normalized spacial score (nSPS) is 10.8. The Morgan fingerprint density at radius 3 is 2.67 bits per heavy atom. The minimum Gasteiger partial charge on any atom is -0.322 e. The Balaban J connectivity index is 2.09. The van der Waals surface area contributed by atoms with Crippen LogP contribution in [0.15, 0.2) is 48.5 Å². The first-order valence-electron chi connectivity index (χ1n) is 6.62. The second-order valence-electron chi connectivity index (χ2n) is 4.50. The molecular weight excluding hydrogens is 305 g/mol. The van der Waals surface area contributed by atoms with E-state index >= 15 is 0 Å². The van der Waals surface area contributed by atoms with Gasteiger partial charge < -0.3 is 5.32 Å². The van der Waals surface area contributed by atoms with Gasteiger partial charge in [0.05, 0.1) is 0 Å². The van der Waals surface area contributed by atoms with Gasteiger partial charge in [0.15, 0.2) is 0 Å².